The lowest BCUT2D eigenvalue weighted by Gasteiger charge is -2.21. The smallest absolute Gasteiger partial charge is 0.253 e. The van der Waals surface area contributed by atoms with Crippen molar-refractivity contribution in [3.05, 3.63) is 45.0 Å². The summed E-state index contributed by atoms with van der Waals surface area (Å²) in [4.78, 5) is 29.2. The van der Waals surface area contributed by atoms with Gasteiger partial charge < -0.3 is 37.0 Å². The Balaban J connectivity index is 1.60. The van der Waals surface area contributed by atoms with Crippen LogP contribution in [0.25, 0.3) is 0 Å². The van der Waals surface area contributed by atoms with Crippen molar-refractivity contribution in [1.29, 1.82) is 0 Å². The van der Waals surface area contributed by atoms with E-state index in [0.29, 0.717) is 27.2 Å². The van der Waals surface area contributed by atoms with Crippen LogP contribution in [0.15, 0.2) is 28.9 Å². The van der Waals surface area contributed by atoms with Crippen LogP contribution < -0.4 is 32.3 Å². The first kappa shape index (κ1) is 27.9. The third-order valence-electron chi connectivity index (χ3n) is 5.57. The van der Waals surface area contributed by atoms with Crippen LogP contribution in [0, 0.1) is 0 Å². The Bertz CT molecular complexity index is 1100. The number of amides is 2. The number of hydrogen-bond acceptors (Lipinski definition) is 10. The van der Waals surface area contributed by atoms with Gasteiger partial charge >= 0.3 is 0 Å². The number of carbonyl (C=O) groups excluding carboxylic acids is 2. The normalized spacial score (nSPS) is 19.2. The van der Waals surface area contributed by atoms with Gasteiger partial charge in [-0.15, -0.1) is 0 Å². The molecular weight excluding hydrogens is 558 g/mol. The zero-order valence-electron chi connectivity index (χ0n) is 19.4. The second-order valence-electron chi connectivity index (χ2n) is 8.22. The third kappa shape index (κ3) is 7.18. The van der Waals surface area contributed by atoms with Crippen LogP contribution >= 0.6 is 27.5 Å². The first-order valence-electron chi connectivity index (χ1n) is 11.2. The van der Waals surface area contributed by atoms with Crippen molar-refractivity contribution in [3.63, 3.8) is 0 Å². The predicted octanol–water partition coefficient (Wildman–Crippen LogP) is 0.393. The number of pyridine rings is 1. The van der Waals surface area contributed by atoms with E-state index in [1.165, 1.54) is 12.3 Å². The van der Waals surface area contributed by atoms with Gasteiger partial charge in [0.25, 0.3) is 5.91 Å². The molecule has 1 aromatic carbocycles. The van der Waals surface area contributed by atoms with Gasteiger partial charge in [-0.05, 0) is 40.5 Å². The van der Waals surface area contributed by atoms with Gasteiger partial charge in [-0.2, -0.15) is 0 Å². The van der Waals surface area contributed by atoms with Crippen molar-refractivity contribution in [2.75, 3.05) is 30.7 Å². The standard InChI is InChI=1S/C22H29BrClN7O5/c1-2-14(12-4-11(24)5-13(23)19(12)35)30-18(34)9-27-21(36)10-3-15(20(25)26-6-10)31-22-28-7-16(32)17(33)8-29-22/h3-6,14,16-17,22,28-29,31-33,35H,2,7-9H2,1H3,(H2,25,26)(H,27,36)(H,30,34)/t14-,16-,17-/m0/s1. The second-order valence-corrected chi connectivity index (χ2v) is 9.51. The highest BCUT2D eigenvalue weighted by molar-refractivity contribution is 9.10. The van der Waals surface area contributed by atoms with Gasteiger partial charge in [-0.3, -0.25) is 20.2 Å². The SMILES string of the molecule is CC[C@H](NC(=O)CNC(=O)c1cnc(N)c(NC2NC[C@H](O)[C@@H](O)CN2)c1)c1cc(Cl)cc(Br)c1O. The predicted molar refractivity (Wildman–Crippen MR) is 138 cm³/mol. The molecule has 14 heteroatoms. The number of nitrogens with two attached hydrogens (primary N) is 1. The summed E-state index contributed by atoms with van der Waals surface area (Å²) < 4.78 is 0.410. The molecule has 0 bridgehead atoms. The number of anilines is 2. The first-order chi connectivity index (χ1) is 17.1. The number of benzene rings is 1. The van der Waals surface area contributed by atoms with Crippen LogP contribution in [-0.4, -0.2) is 70.2 Å². The number of aliphatic hydroxyl groups excluding tert-OH is 2. The maximum atomic E-state index is 12.7. The summed E-state index contributed by atoms with van der Waals surface area (Å²) in [7, 11) is 0. The first-order valence-corrected chi connectivity index (χ1v) is 12.4. The Morgan fingerprint density at radius 1 is 1.25 bits per heavy atom. The number of carbonyl (C=O) groups is 2. The van der Waals surface area contributed by atoms with E-state index < -0.39 is 36.4 Å². The molecule has 0 radical (unpaired) electrons. The summed E-state index contributed by atoms with van der Waals surface area (Å²) in [5.74, 6) is -0.895. The minimum atomic E-state index is -0.931. The number of rotatable bonds is 8. The minimum absolute atomic E-state index is 0.0229. The summed E-state index contributed by atoms with van der Waals surface area (Å²) in [6.45, 7) is 1.80. The minimum Gasteiger partial charge on any atom is -0.506 e. The van der Waals surface area contributed by atoms with Crippen LogP contribution in [0.5, 0.6) is 5.75 Å². The molecule has 10 N–H and O–H groups in total. The quantitative estimate of drug-likeness (QED) is 0.209. The van der Waals surface area contributed by atoms with Crippen molar-refractivity contribution < 1.29 is 24.9 Å². The average Bonchev–Trinajstić information content (AvgIpc) is 3.00. The zero-order chi connectivity index (χ0) is 26.4. The van der Waals surface area contributed by atoms with E-state index >= 15 is 0 Å². The van der Waals surface area contributed by atoms with Crippen LogP contribution in [0.1, 0.15) is 35.3 Å². The fourth-order valence-corrected chi connectivity index (χ4v) is 4.39. The number of β-amino-alcohol motifs (C(OH)–C–C–N with tert-alkyl or cyclic N) is 2. The summed E-state index contributed by atoms with van der Waals surface area (Å²) >= 11 is 9.31. The molecule has 1 saturated heterocycles. The lowest BCUT2D eigenvalue weighted by molar-refractivity contribution is -0.120. The molecule has 0 unspecified atom stereocenters. The highest BCUT2D eigenvalue weighted by Gasteiger charge is 2.24. The molecule has 0 spiro atoms. The van der Waals surface area contributed by atoms with Gasteiger partial charge in [0.2, 0.25) is 5.91 Å². The molecule has 3 atom stereocenters. The lowest BCUT2D eigenvalue weighted by atomic mass is 10.0. The van der Waals surface area contributed by atoms with Crippen LogP contribution in [-0.2, 0) is 4.79 Å². The second kappa shape index (κ2) is 12.5. The molecule has 1 fully saturated rings. The van der Waals surface area contributed by atoms with Crippen molar-refractivity contribution in [2.24, 2.45) is 0 Å². The Hall–Kier alpha value is -2.68. The molecule has 2 aromatic rings. The van der Waals surface area contributed by atoms with Gasteiger partial charge in [0.15, 0.2) is 0 Å². The average molecular weight is 587 g/mol. The Kier molecular flexibility index (Phi) is 9.70. The molecule has 0 aliphatic carbocycles. The summed E-state index contributed by atoms with van der Waals surface area (Å²) in [6, 6.07) is 4.08. The molecule has 2 amide bonds. The van der Waals surface area contributed by atoms with Gasteiger partial charge in [0.1, 0.15) is 17.9 Å². The van der Waals surface area contributed by atoms with E-state index in [1.54, 1.807) is 12.1 Å². The van der Waals surface area contributed by atoms with Crippen LogP contribution in [0.4, 0.5) is 11.5 Å². The maximum Gasteiger partial charge on any atom is 0.253 e. The number of phenolic OH excluding ortho intramolecular Hbond substituents is 1. The fourth-order valence-electron chi connectivity index (χ4n) is 3.55. The summed E-state index contributed by atoms with van der Waals surface area (Å²) in [6.07, 6.45) is -0.641. The number of hydrogen-bond donors (Lipinski definition) is 9. The number of nitrogens with zero attached hydrogens (tertiary/aromatic N) is 1. The highest BCUT2D eigenvalue weighted by atomic mass is 79.9. The third-order valence-corrected chi connectivity index (χ3v) is 6.40. The lowest BCUT2D eigenvalue weighted by Crippen LogP contribution is -2.47. The topological polar surface area (TPSA) is 194 Å². The number of nitrogen functional groups attached to an aromatic ring is 1. The van der Waals surface area contributed by atoms with Crippen molar-refractivity contribution in [1.82, 2.24) is 26.3 Å². The van der Waals surface area contributed by atoms with Crippen LogP contribution in [0.3, 0.4) is 0 Å². The molecule has 3 rings (SSSR count). The van der Waals surface area contributed by atoms with Crippen molar-refractivity contribution in [3.8, 4) is 5.75 Å². The Morgan fingerprint density at radius 3 is 2.56 bits per heavy atom. The van der Waals surface area contributed by atoms with E-state index in [2.05, 4.69) is 47.5 Å². The number of nitrogens with one attached hydrogen (secondary N) is 5. The van der Waals surface area contributed by atoms with Gasteiger partial charge in [0.05, 0.1) is 40.5 Å². The number of aromatic hydroxyl groups is 1. The fraction of sp³-hybridized carbons (Fsp3) is 0.409. The van der Waals surface area contributed by atoms with Crippen molar-refractivity contribution >= 4 is 50.9 Å². The molecule has 196 valence electrons. The molecular formula is C22H29BrClN7O5. The van der Waals surface area contributed by atoms with Crippen molar-refractivity contribution in [2.45, 2.75) is 37.9 Å². The van der Waals surface area contributed by atoms with E-state index in [-0.39, 0.29) is 36.8 Å². The zero-order valence-corrected chi connectivity index (χ0v) is 21.7. The van der Waals surface area contributed by atoms with E-state index in [9.17, 15) is 24.9 Å². The molecule has 0 saturated carbocycles. The maximum absolute atomic E-state index is 12.7. The van der Waals surface area contributed by atoms with Gasteiger partial charge in [-0.25, -0.2) is 4.98 Å². The number of halogens is 2. The highest BCUT2D eigenvalue weighted by Crippen LogP contribution is 2.36. The van der Waals surface area contributed by atoms with Crippen LogP contribution in [0.2, 0.25) is 5.02 Å². The number of aromatic nitrogens is 1. The molecule has 1 aromatic heterocycles. The largest absolute Gasteiger partial charge is 0.506 e. The van der Waals surface area contributed by atoms with E-state index in [1.807, 2.05) is 6.92 Å². The monoisotopic (exact) mass is 585 g/mol. The van der Waals surface area contributed by atoms with Gasteiger partial charge in [-0.1, -0.05) is 18.5 Å². The van der Waals surface area contributed by atoms with E-state index in [0.717, 1.165) is 0 Å². The van der Waals surface area contributed by atoms with E-state index in [4.69, 9.17) is 17.3 Å². The van der Waals surface area contributed by atoms with Gasteiger partial charge in [0, 0.05) is 29.9 Å². The number of phenols is 1. The molecule has 1 aliphatic rings. The molecule has 12 nitrogen and oxygen atoms in total. The Labute approximate surface area is 221 Å². The number of aliphatic hydroxyl groups is 2. The molecule has 2 heterocycles. The summed E-state index contributed by atoms with van der Waals surface area (Å²) in [5, 5.41) is 44.5. The molecule has 36 heavy (non-hydrogen) atoms. The summed E-state index contributed by atoms with van der Waals surface area (Å²) in [5.41, 5.74) is 6.89. The Morgan fingerprint density at radius 2 is 1.92 bits per heavy atom. The molecule has 1 aliphatic heterocycles.